The second-order valence-corrected chi connectivity index (χ2v) is 7.17. The molecule has 0 fully saturated rings. The van der Waals surface area contributed by atoms with Crippen molar-refractivity contribution in [2.75, 3.05) is 19.3 Å². The van der Waals surface area contributed by atoms with Gasteiger partial charge in [-0.2, -0.15) is 0 Å². The SMILES string of the molecule is CN(CCSc1ccccc1Br)C(=O)OC(C)(C)C. The van der Waals surface area contributed by atoms with Crippen molar-refractivity contribution < 1.29 is 9.53 Å². The van der Waals surface area contributed by atoms with Gasteiger partial charge in [-0.15, -0.1) is 11.8 Å². The molecular formula is C14H20BrNO2S. The number of benzene rings is 1. The molecule has 106 valence electrons. The van der Waals surface area contributed by atoms with Crippen LogP contribution in [0, 0.1) is 0 Å². The lowest BCUT2D eigenvalue weighted by Crippen LogP contribution is -2.35. The zero-order valence-corrected chi connectivity index (χ0v) is 14.2. The molecule has 0 aliphatic rings. The van der Waals surface area contributed by atoms with Gasteiger partial charge in [-0.3, -0.25) is 0 Å². The van der Waals surface area contributed by atoms with E-state index in [-0.39, 0.29) is 6.09 Å². The Morgan fingerprint density at radius 2 is 2.00 bits per heavy atom. The van der Waals surface area contributed by atoms with Gasteiger partial charge in [-0.1, -0.05) is 12.1 Å². The van der Waals surface area contributed by atoms with Crippen LogP contribution in [0.3, 0.4) is 0 Å². The van der Waals surface area contributed by atoms with Crippen LogP contribution in [0.5, 0.6) is 0 Å². The van der Waals surface area contributed by atoms with E-state index >= 15 is 0 Å². The van der Waals surface area contributed by atoms with Crippen LogP contribution in [0.25, 0.3) is 0 Å². The van der Waals surface area contributed by atoms with Gasteiger partial charge in [0.25, 0.3) is 0 Å². The van der Waals surface area contributed by atoms with Gasteiger partial charge >= 0.3 is 6.09 Å². The number of carbonyl (C=O) groups excluding carboxylic acids is 1. The van der Waals surface area contributed by atoms with E-state index in [9.17, 15) is 4.79 Å². The monoisotopic (exact) mass is 345 g/mol. The fourth-order valence-electron chi connectivity index (χ4n) is 1.29. The summed E-state index contributed by atoms with van der Waals surface area (Å²) in [7, 11) is 1.76. The molecule has 0 bridgehead atoms. The number of amides is 1. The average molecular weight is 346 g/mol. The Kier molecular flexibility index (Phi) is 6.20. The molecule has 0 atom stereocenters. The summed E-state index contributed by atoms with van der Waals surface area (Å²) in [4.78, 5) is 14.5. The molecule has 1 amide bonds. The van der Waals surface area contributed by atoms with Crippen LogP contribution >= 0.6 is 27.7 Å². The van der Waals surface area contributed by atoms with E-state index < -0.39 is 5.60 Å². The van der Waals surface area contributed by atoms with Crippen molar-refractivity contribution in [3.63, 3.8) is 0 Å². The molecule has 5 heteroatoms. The van der Waals surface area contributed by atoms with Gasteiger partial charge in [0.2, 0.25) is 0 Å². The van der Waals surface area contributed by atoms with Crippen LogP contribution < -0.4 is 0 Å². The first-order chi connectivity index (χ1) is 8.79. The molecule has 0 aliphatic carbocycles. The normalized spacial score (nSPS) is 11.2. The number of hydrogen-bond donors (Lipinski definition) is 0. The minimum atomic E-state index is -0.444. The highest BCUT2D eigenvalue weighted by Crippen LogP contribution is 2.26. The fraction of sp³-hybridized carbons (Fsp3) is 0.500. The van der Waals surface area contributed by atoms with Crippen molar-refractivity contribution in [2.45, 2.75) is 31.3 Å². The average Bonchev–Trinajstić information content (AvgIpc) is 2.29. The standard InChI is InChI=1S/C14H20BrNO2S/c1-14(2,3)18-13(17)16(4)9-10-19-12-8-6-5-7-11(12)15/h5-8H,9-10H2,1-4H3. The molecule has 0 spiro atoms. The van der Waals surface area contributed by atoms with Crippen molar-refractivity contribution in [3.8, 4) is 0 Å². The van der Waals surface area contributed by atoms with Crippen LogP contribution in [0.1, 0.15) is 20.8 Å². The van der Waals surface area contributed by atoms with Crippen molar-refractivity contribution in [1.82, 2.24) is 4.90 Å². The third-order valence-electron chi connectivity index (χ3n) is 2.23. The molecule has 19 heavy (non-hydrogen) atoms. The fourth-order valence-corrected chi connectivity index (χ4v) is 2.88. The summed E-state index contributed by atoms with van der Waals surface area (Å²) in [5.41, 5.74) is -0.444. The molecule has 0 unspecified atom stereocenters. The molecular weight excluding hydrogens is 326 g/mol. The van der Waals surface area contributed by atoms with Gasteiger partial charge in [0.15, 0.2) is 0 Å². The highest BCUT2D eigenvalue weighted by Gasteiger charge is 2.19. The van der Waals surface area contributed by atoms with Gasteiger partial charge in [-0.25, -0.2) is 4.79 Å². The first-order valence-corrected chi connectivity index (χ1v) is 7.89. The molecule has 0 heterocycles. The maximum Gasteiger partial charge on any atom is 0.410 e. The van der Waals surface area contributed by atoms with E-state index in [4.69, 9.17) is 4.74 Å². The summed E-state index contributed by atoms with van der Waals surface area (Å²) in [6.45, 7) is 6.26. The Morgan fingerprint density at radius 1 is 1.37 bits per heavy atom. The van der Waals surface area contributed by atoms with Crippen LogP contribution in [-0.4, -0.2) is 35.9 Å². The van der Waals surface area contributed by atoms with Crippen LogP contribution in [0.15, 0.2) is 33.6 Å². The number of rotatable bonds is 4. The maximum atomic E-state index is 11.8. The molecule has 1 aromatic rings. The predicted molar refractivity (Wildman–Crippen MR) is 83.7 cm³/mol. The summed E-state index contributed by atoms with van der Waals surface area (Å²) in [6.07, 6.45) is -0.278. The van der Waals surface area contributed by atoms with Gasteiger partial charge in [-0.05, 0) is 48.8 Å². The quantitative estimate of drug-likeness (QED) is 0.757. The molecule has 0 aliphatic heterocycles. The Labute approximate surface area is 127 Å². The summed E-state index contributed by atoms with van der Waals surface area (Å²) >= 11 is 5.22. The Hall–Kier alpha value is -0.680. The van der Waals surface area contributed by atoms with Crippen LogP contribution in [0.2, 0.25) is 0 Å². The van der Waals surface area contributed by atoms with E-state index in [1.807, 2.05) is 39.0 Å². The third kappa shape index (κ3) is 6.34. The summed E-state index contributed by atoms with van der Waals surface area (Å²) in [5, 5.41) is 0. The zero-order valence-electron chi connectivity index (χ0n) is 11.8. The topological polar surface area (TPSA) is 29.5 Å². The van der Waals surface area contributed by atoms with E-state index in [1.54, 1.807) is 23.7 Å². The molecule has 0 N–H and O–H groups in total. The largest absolute Gasteiger partial charge is 0.444 e. The second kappa shape index (κ2) is 7.20. The Balaban J connectivity index is 2.37. The van der Waals surface area contributed by atoms with E-state index in [0.717, 1.165) is 10.2 Å². The minimum absolute atomic E-state index is 0.278. The first-order valence-electron chi connectivity index (χ1n) is 6.11. The van der Waals surface area contributed by atoms with Gasteiger partial charge in [0.1, 0.15) is 5.60 Å². The second-order valence-electron chi connectivity index (χ2n) is 5.18. The number of nitrogens with zero attached hydrogens (tertiary/aromatic N) is 1. The lowest BCUT2D eigenvalue weighted by Gasteiger charge is -2.24. The predicted octanol–water partition coefficient (Wildman–Crippen LogP) is 4.41. The number of thioether (sulfide) groups is 1. The number of halogens is 1. The molecule has 1 aromatic carbocycles. The zero-order chi connectivity index (χ0) is 14.5. The molecule has 1 rings (SSSR count). The molecule has 0 saturated heterocycles. The Bertz CT molecular complexity index is 432. The van der Waals surface area contributed by atoms with Crippen molar-refractivity contribution in [3.05, 3.63) is 28.7 Å². The highest BCUT2D eigenvalue weighted by atomic mass is 79.9. The van der Waals surface area contributed by atoms with Crippen molar-refractivity contribution in [2.24, 2.45) is 0 Å². The minimum Gasteiger partial charge on any atom is -0.444 e. The Morgan fingerprint density at radius 3 is 2.58 bits per heavy atom. The smallest absolute Gasteiger partial charge is 0.410 e. The van der Waals surface area contributed by atoms with Crippen LogP contribution in [-0.2, 0) is 4.74 Å². The number of carbonyl (C=O) groups is 1. The summed E-state index contributed by atoms with van der Waals surface area (Å²) in [6, 6.07) is 8.06. The summed E-state index contributed by atoms with van der Waals surface area (Å²) in [5.74, 6) is 0.832. The van der Waals surface area contributed by atoms with Crippen molar-refractivity contribution in [1.29, 1.82) is 0 Å². The van der Waals surface area contributed by atoms with Crippen LogP contribution in [0.4, 0.5) is 4.79 Å². The number of ether oxygens (including phenoxy) is 1. The molecule has 0 radical (unpaired) electrons. The number of hydrogen-bond acceptors (Lipinski definition) is 3. The van der Waals surface area contributed by atoms with E-state index in [1.165, 1.54) is 4.90 Å². The molecule has 0 saturated carbocycles. The van der Waals surface area contributed by atoms with E-state index in [2.05, 4.69) is 22.0 Å². The van der Waals surface area contributed by atoms with Gasteiger partial charge in [0.05, 0.1) is 0 Å². The lowest BCUT2D eigenvalue weighted by atomic mass is 10.2. The maximum absolute atomic E-state index is 11.8. The third-order valence-corrected chi connectivity index (χ3v) is 4.23. The summed E-state index contributed by atoms with van der Waals surface area (Å²) < 4.78 is 6.38. The molecule has 3 nitrogen and oxygen atoms in total. The van der Waals surface area contributed by atoms with Crippen molar-refractivity contribution >= 4 is 33.8 Å². The lowest BCUT2D eigenvalue weighted by molar-refractivity contribution is 0.0309. The van der Waals surface area contributed by atoms with E-state index in [0.29, 0.717) is 6.54 Å². The first kappa shape index (κ1) is 16.4. The highest BCUT2D eigenvalue weighted by molar-refractivity contribution is 9.10. The molecule has 0 aromatic heterocycles. The van der Waals surface area contributed by atoms with Gasteiger partial charge < -0.3 is 9.64 Å². The van der Waals surface area contributed by atoms with Gasteiger partial charge in [0, 0.05) is 28.7 Å².